The number of methoxy groups -OCH3 is 1. The number of sulfonamides is 1. The molecule has 0 aliphatic carbocycles. The van der Waals surface area contributed by atoms with E-state index in [0.717, 1.165) is 28.3 Å². The van der Waals surface area contributed by atoms with Gasteiger partial charge in [-0.25, -0.2) is 18.2 Å². The van der Waals surface area contributed by atoms with E-state index in [0.29, 0.717) is 24.6 Å². The molecule has 1 N–H and O–H groups in total. The van der Waals surface area contributed by atoms with Gasteiger partial charge in [-0.2, -0.15) is 4.31 Å². The smallest absolute Gasteiger partial charge is 0.349 e. The molecule has 1 amide bonds. The van der Waals surface area contributed by atoms with Crippen LogP contribution >= 0.6 is 22.7 Å². The van der Waals surface area contributed by atoms with E-state index in [4.69, 9.17) is 4.74 Å². The maximum atomic E-state index is 13.1. The van der Waals surface area contributed by atoms with Crippen molar-refractivity contribution in [2.24, 2.45) is 0 Å². The van der Waals surface area contributed by atoms with Crippen molar-refractivity contribution in [2.45, 2.75) is 36.8 Å². The average molecular weight is 458 g/mol. The number of fused-ring (bicyclic) bond motifs is 1. The zero-order valence-corrected chi connectivity index (χ0v) is 18.0. The van der Waals surface area contributed by atoms with Crippen molar-refractivity contribution < 1.29 is 27.5 Å². The Balaban J connectivity index is 1.51. The highest BCUT2D eigenvalue weighted by molar-refractivity contribution is 7.89. The van der Waals surface area contributed by atoms with Crippen LogP contribution in [0.2, 0.25) is 0 Å². The molecule has 0 saturated carbocycles. The Morgan fingerprint density at radius 2 is 2.24 bits per heavy atom. The SMILES string of the molecule is COC(=O)c1sccc1S(=O)(=O)N1CCc2nc(NC(=O)C3CCCO3)sc2C1. The first-order valence-electron chi connectivity index (χ1n) is 8.97. The quantitative estimate of drug-likeness (QED) is 0.682. The van der Waals surface area contributed by atoms with Crippen LogP contribution in [0.5, 0.6) is 0 Å². The zero-order valence-electron chi connectivity index (χ0n) is 15.5. The van der Waals surface area contributed by atoms with E-state index >= 15 is 0 Å². The Kier molecular flexibility index (Phi) is 5.71. The number of ether oxygens (including phenoxy) is 2. The molecule has 9 nitrogen and oxygen atoms in total. The van der Waals surface area contributed by atoms with Gasteiger partial charge in [0.2, 0.25) is 10.0 Å². The van der Waals surface area contributed by atoms with Crippen LogP contribution in [0.3, 0.4) is 0 Å². The van der Waals surface area contributed by atoms with Crippen LogP contribution in [0.25, 0.3) is 0 Å². The molecular formula is C17H19N3O6S3. The molecule has 0 spiro atoms. The molecule has 2 aliphatic heterocycles. The molecule has 2 aromatic heterocycles. The van der Waals surface area contributed by atoms with Crippen molar-refractivity contribution in [3.63, 3.8) is 0 Å². The number of carbonyl (C=O) groups excluding carboxylic acids is 2. The first kappa shape index (κ1) is 20.4. The molecule has 1 atom stereocenters. The third kappa shape index (κ3) is 3.94. The number of hydrogen-bond acceptors (Lipinski definition) is 9. The lowest BCUT2D eigenvalue weighted by molar-refractivity contribution is -0.124. The third-order valence-corrected chi connectivity index (χ3v) is 8.68. The van der Waals surface area contributed by atoms with Crippen molar-refractivity contribution >= 4 is 49.7 Å². The highest BCUT2D eigenvalue weighted by Crippen LogP contribution is 2.33. The van der Waals surface area contributed by atoms with Crippen molar-refractivity contribution in [1.82, 2.24) is 9.29 Å². The predicted octanol–water partition coefficient (Wildman–Crippen LogP) is 1.86. The largest absolute Gasteiger partial charge is 0.465 e. The number of rotatable bonds is 5. The first-order chi connectivity index (χ1) is 13.9. The summed E-state index contributed by atoms with van der Waals surface area (Å²) in [6, 6.07) is 1.42. The van der Waals surface area contributed by atoms with Gasteiger partial charge in [0.25, 0.3) is 5.91 Å². The number of anilines is 1. The minimum absolute atomic E-state index is 0.0470. The summed E-state index contributed by atoms with van der Waals surface area (Å²) in [6.07, 6.45) is 1.52. The molecule has 0 aromatic carbocycles. The van der Waals surface area contributed by atoms with E-state index in [1.54, 1.807) is 5.38 Å². The molecule has 4 rings (SSSR count). The van der Waals surface area contributed by atoms with E-state index < -0.39 is 22.1 Å². The minimum atomic E-state index is -3.86. The number of carbonyl (C=O) groups is 2. The van der Waals surface area contributed by atoms with Gasteiger partial charge in [0, 0.05) is 24.4 Å². The number of thiazole rings is 1. The minimum Gasteiger partial charge on any atom is -0.465 e. The molecule has 12 heteroatoms. The summed E-state index contributed by atoms with van der Waals surface area (Å²) in [5.41, 5.74) is 0.780. The highest BCUT2D eigenvalue weighted by Gasteiger charge is 2.34. The number of nitrogens with one attached hydrogen (secondary N) is 1. The second-order valence-electron chi connectivity index (χ2n) is 6.57. The Bertz CT molecular complexity index is 1040. The van der Waals surface area contributed by atoms with E-state index in [1.807, 2.05) is 0 Å². The van der Waals surface area contributed by atoms with E-state index in [-0.39, 0.29) is 28.8 Å². The molecule has 29 heavy (non-hydrogen) atoms. The topological polar surface area (TPSA) is 115 Å². The summed E-state index contributed by atoms with van der Waals surface area (Å²) in [7, 11) is -2.64. The normalized spacial score (nSPS) is 19.7. The van der Waals surface area contributed by atoms with Gasteiger partial charge in [-0.3, -0.25) is 10.1 Å². The number of esters is 1. The molecule has 4 heterocycles. The van der Waals surface area contributed by atoms with E-state index in [1.165, 1.54) is 28.8 Å². The summed E-state index contributed by atoms with van der Waals surface area (Å²) in [5, 5.41) is 4.77. The monoisotopic (exact) mass is 457 g/mol. The molecule has 0 bridgehead atoms. The lowest BCUT2D eigenvalue weighted by Crippen LogP contribution is -2.36. The van der Waals surface area contributed by atoms with Crippen molar-refractivity contribution in [3.05, 3.63) is 26.9 Å². The van der Waals surface area contributed by atoms with Crippen LogP contribution in [0.4, 0.5) is 5.13 Å². The Hall–Kier alpha value is -1.86. The lowest BCUT2D eigenvalue weighted by Gasteiger charge is -2.25. The van der Waals surface area contributed by atoms with Gasteiger partial charge < -0.3 is 9.47 Å². The van der Waals surface area contributed by atoms with Gasteiger partial charge >= 0.3 is 5.97 Å². The number of amides is 1. The summed E-state index contributed by atoms with van der Waals surface area (Å²) < 4.78 is 37.5. The fourth-order valence-corrected chi connectivity index (χ4v) is 7.11. The average Bonchev–Trinajstić information content (AvgIpc) is 3.46. The molecule has 0 radical (unpaired) electrons. The van der Waals surface area contributed by atoms with Crippen LogP contribution in [-0.2, 0) is 37.3 Å². The summed E-state index contributed by atoms with van der Waals surface area (Å²) in [5.74, 6) is -0.896. The number of thiophene rings is 1. The molecule has 156 valence electrons. The number of hydrogen-bond donors (Lipinski definition) is 1. The van der Waals surface area contributed by atoms with Crippen LogP contribution in [0, 0.1) is 0 Å². The fourth-order valence-electron chi connectivity index (χ4n) is 3.28. The molecule has 1 fully saturated rings. The van der Waals surface area contributed by atoms with Gasteiger partial charge in [-0.05, 0) is 24.3 Å². The second-order valence-corrected chi connectivity index (χ2v) is 10.5. The van der Waals surface area contributed by atoms with Gasteiger partial charge in [0.15, 0.2) is 5.13 Å². The highest BCUT2D eigenvalue weighted by atomic mass is 32.2. The van der Waals surface area contributed by atoms with Gasteiger partial charge in [0.1, 0.15) is 15.9 Å². The third-order valence-electron chi connectivity index (χ3n) is 4.77. The molecule has 1 unspecified atom stereocenters. The molecule has 2 aromatic rings. The lowest BCUT2D eigenvalue weighted by atomic mass is 10.2. The van der Waals surface area contributed by atoms with Crippen LogP contribution in [0.15, 0.2) is 16.3 Å². The predicted molar refractivity (Wildman–Crippen MR) is 107 cm³/mol. The molecular weight excluding hydrogens is 438 g/mol. The van der Waals surface area contributed by atoms with E-state index in [2.05, 4.69) is 15.0 Å². The maximum absolute atomic E-state index is 13.1. The van der Waals surface area contributed by atoms with Crippen molar-refractivity contribution in [1.29, 1.82) is 0 Å². The van der Waals surface area contributed by atoms with Crippen LogP contribution in [-0.4, -0.2) is 55.9 Å². The number of nitrogens with zero attached hydrogens (tertiary/aromatic N) is 2. The fraction of sp³-hybridized carbons (Fsp3) is 0.471. The summed E-state index contributed by atoms with van der Waals surface area (Å²) >= 11 is 2.29. The second kappa shape index (κ2) is 8.11. The maximum Gasteiger partial charge on any atom is 0.349 e. The summed E-state index contributed by atoms with van der Waals surface area (Å²) in [4.78, 5) is 29.3. The Morgan fingerprint density at radius 1 is 1.41 bits per heavy atom. The van der Waals surface area contributed by atoms with Gasteiger partial charge in [-0.1, -0.05) is 0 Å². The van der Waals surface area contributed by atoms with Gasteiger partial charge in [0.05, 0.1) is 19.3 Å². The van der Waals surface area contributed by atoms with Crippen molar-refractivity contribution in [3.8, 4) is 0 Å². The summed E-state index contributed by atoms with van der Waals surface area (Å²) in [6.45, 7) is 0.964. The van der Waals surface area contributed by atoms with Gasteiger partial charge in [-0.15, -0.1) is 22.7 Å². The van der Waals surface area contributed by atoms with E-state index in [9.17, 15) is 18.0 Å². The Morgan fingerprint density at radius 3 is 2.97 bits per heavy atom. The Labute approximate surface area is 175 Å². The molecule has 1 saturated heterocycles. The van der Waals surface area contributed by atoms with Crippen LogP contribution in [0.1, 0.15) is 33.1 Å². The standard InChI is InChI=1S/C17H19N3O6S3/c1-25-16(22)14-13(5-8-27-14)29(23,24)20-6-4-10-12(9-20)28-17(18-10)19-15(21)11-3-2-7-26-11/h5,8,11H,2-4,6-7,9H2,1H3,(H,18,19,21). The molecule has 2 aliphatic rings. The zero-order chi connectivity index (χ0) is 20.6. The van der Waals surface area contributed by atoms with Crippen molar-refractivity contribution in [2.75, 3.05) is 25.6 Å². The number of aromatic nitrogens is 1. The van der Waals surface area contributed by atoms with Crippen LogP contribution < -0.4 is 5.32 Å². The first-order valence-corrected chi connectivity index (χ1v) is 12.1.